The topological polar surface area (TPSA) is 56.1 Å². The molecule has 2 heterocycles. The van der Waals surface area contributed by atoms with E-state index in [1.54, 1.807) is 18.0 Å². The average Bonchev–Trinajstić information content (AvgIpc) is 2.77. The Morgan fingerprint density at radius 3 is 2.89 bits per heavy atom. The van der Waals surface area contributed by atoms with Crippen LogP contribution in [0.4, 0.5) is 0 Å². The molecule has 0 radical (unpaired) electrons. The third-order valence-electron chi connectivity index (χ3n) is 3.02. The van der Waals surface area contributed by atoms with E-state index in [4.69, 9.17) is 16.3 Å². The molecule has 0 amide bonds. The number of likely N-dealkylation sites (N-methyl/N-ethyl adjacent to an activating group) is 1. The Morgan fingerprint density at radius 2 is 2.21 bits per heavy atom. The minimum absolute atomic E-state index is 0.455. The van der Waals surface area contributed by atoms with Gasteiger partial charge in [-0.15, -0.1) is 0 Å². The highest BCUT2D eigenvalue weighted by atomic mass is 35.5. The molecule has 0 spiro atoms. The lowest BCUT2D eigenvalue weighted by atomic mass is 10.4. The van der Waals surface area contributed by atoms with Crippen molar-refractivity contribution in [2.24, 2.45) is 7.05 Å². The molecule has 0 N–H and O–H groups in total. The first-order chi connectivity index (χ1) is 9.15. The predicted octanol–water partition coefficient (Wildman–Crippen LogP) is 1.49. The molecule has 0 saturated carbocycles. The third kappa shape index (κ3) is 3.20. The second-order valence-corrected chi connectivity index (χ2v) is 4.66. The summed E-state index contributed by atoms with van der Waals surface area (Å²) in [5, 5.41) is 5.38. The smallest absolute Gasteiger partial charge is 0.162 e. The normalized spacial score (nSPS) is 11.6. The molecule has 7 heteroatoms. The average molecular weight is 284 g/mol. The molecule has 0 aliphatic rings. The number of nitrogens with zero attached hydrogens (tertiary/aromatic N) is 5. The van der Waals surface area contributed by atoms with Gasteiger partial charge in [0.2, 0.25) is 0 Å². The van der Waals surface area contributed by atoms with E-state index in [0.29, 0.717) is 24.1 Å². The fourth-order valence-electron chi connectivity index (χ4n) is 1.87. The number of methoxy groups -OCH3 is 1. The highest BCUT2D eigenvalue weighted by Gasteiger charge is 2.12. The van der Waals surface area contributed by atoms with Crippen LogP contribution in [0, 0.1) is 0 Å². The van der Waals surface area contributed by atoms with E-state index < -0.39 is 0 Å². The number of fused-ring (bicyclic) bond motifs is 1. The molecule has 0 aliphatic carbocycles. The molecule has 0 fully saturated rings. The van der Waals surface area contributed by atoms with Gasteiger partial charge in [0.25, 0.3) is 0 Å². The van der Waals surface area contributed by atoms with Crippen LogP contribution in [-0.4, -0.2) is 51.5 Å². The van der Waals surface area contributed by atoms with Gasteiger partial charge in [-0.05, 0) is 6.54 Å². The van der Waals surface area contributed by atoms with E-state index in [9.17, 15) is 0 Å². The highest BCUT2D eigenvalue weighted by molar-refractivity contribution is 6.33. The molecule has 19 heavy (non-hydrogen) atoms. The van der Waals surface area contributed by atoms with Crippen molar-refractivity contribution in [2.75, 3.05) is 26.8 Å². The Morgan fingerprint density at radius 1 is 1.42 bits per heavy atom. The van der Waals surface area contributed by atoms with Crippen molar-refractivity contribution >= 4 is 22.6 Å². The van der Waals surface area contributed by atoms with Crippen LogP contribution in [0.5, 0.6) is 0 Å². The molecule has 0 saturated heterocycles. The standard InChI is InChI=1S/C12H18ClN5O/c1-4-18(5-6-19-3)8-10-15-11(13)9-7-14-17(2)12(9)16-10/h7H,4-6,8H2,1-3H3. The van der Waals surface area contributed by atoms with Gasteiger partial charge in [-0.25, -0.2) is 9.97 Å². The van der Waals surface area contributed by atoms with Crippen molar-refractivity contribution in [1.29, 1.82) is 0 Å². The van der Waals surface area contributed by atoms with E-state index in [0.717, 1.165) is 24.1 Å². The molecule has 0 aliphatic heterocycles. The first kappa shape index (κ1) is 14.2. The Hall–Kier alpha value is -1.24. The molecule has 104 valence electrons. The monoisotopic (exact) mass is 283 g/mol. The van der Waals surface area contributed by atoms with Crippen molar-refractivity contribution in [1.82, 2.24) is 24.6 Å². The summed E-state index contributed by atoms with van der Waals surface area (Å²) in [5.74, 6) is 0.707. The van der Waals surface area contributed by atoms with Crippen molar-refractivity contribution in [3.8, 4) is 0 Å². The summed E-state index contributed by atoms with van der Waals surface area (Å²) in [6.07, 6.45) is 1.68. The van der Waals surface area contributed by atoms with Gasteiger partial charge in [-0.1, -0.05) is 18.5 Å². The van der Waals surface area contributed by atoms with Crippen LogP contribution in [-0.2, 0) is 18.3 Å². The van der Waals surface area contributed by atoms with E-state index >= 15 is 0 Å². The predicted molar refractivity (Wildman–Crippen MR) is 74.1 cm³/mol. The molecular formula is C12H18ClN5O. The van der Waals surface area contributed by atoms with Crippen molar-refractivity contribution in [2.45, 2.75) is 13.5 Å². The first-order valence-electron chi connectivity index (χ1n) is 6.21. The zero-order valence-corrected chi connectivity index (χ0v) is 12.2. The summed E-state index contributed by atoms with van der Waals surface area (Å²) < 4.78 is 6.80. The number of ether oxygens (including phenoxy) is 1. The summed E-state index contributed by atoms with van der Waals surface area (Å²) in [7, 11) is 3.54. The van der Waals surface area contributed by atoms with Crippen molar-refractivity contribution in [3.63, 3.8) is 0 Å². The van der Waals surface area contributed by atoms with Crippen LogP contribution in [0.1, 0.15) is 12.7 Å². The molecule has 2 aromatic rings. The van der Waals surface area contributed by atoms with E-state index in [1.807, 2.05) is 7.05 Å². The Labute approximate surface area is 117 Å². The summed E-state index contributed by atoms with van der Waals surface area (Å²) in [6, 6.07) is 0. The van der Waals surface area contributed by atoms with Gasteiger partial charge in [0.15, 0.2) is 5.65 Å². The summed E-state index contributed by atoms with van der Waals surface area (Å²) in [6.45, 7) is 5.20. The van der Waals surface area contributed by atoms with Crippen LogP contribution in [0.25, 0.3) is 11.0 Å². The molecule has 0 aromatic carbocycles. The van der Waals surface area contributed by atoms with Gasteiger partial charge in [-0.3, -0.25) is 9.58 Å². The zero-order chi connectivity index (χ0) is 13.8. The summed E-state index contributed by atoms with van der Waals surface area (Å²) in [5.41, 5.74) is 0.762. The molecule has 0 unspecified atom stereocenters. The fraction of sp³-hybridized carbons (Fsp3) is 0.583. The zero-order valence-electron chi connectivity index (χ0n) is 11.4. The van der Waals surface area contributed by atoms with Crippen LogP contribution in [0.15, 0.2) is 6.20 Å². The van der Waals surface area contributed by atoms with Crippen LogP contribution >= 0.6 is 11.6 Å². The van der Waals surface area contributed by atoms with Crippen LogP contribution < -0.4 is 0 Å². The van der Waals surface area contributed by atoms with Crippen LogP contribution in [0.3, 0.4) is 0 Å². The number of hydrogen-bond donors (Lipinski definition) is 0. The Kier molecular flexibility index (Phi) is 4.68. The van der Waals surface area contributed by atoms with Gasteiger partial charge in [0, 0.05) is 20.7 Å². The van der Waals surface area contributed by atoms with E-state index in [-0.39, 0.29) is 0 Å². The molecule has 0 bridgehead atoms. The van der Waals surface area contributed by atoms with Gasteiger partial charge in [-0.2, -0.15) is 5.10 Å². The third-order valence-corrected chi connectivity index (χ3v) is 3.30. The molecule has 2 rings (SSSR count). The molecule has 6 nitrogen and oxygen atoms in total. The number of rotatable bonds is 6. The first-order valence-corrected chi connectivity index (χ1v) is 6.59. The Bertz CT molecular complexity index is 556. The van der Waals surface area contributed by atoms with Gasteiger partial charge < -0.3 is 4.74 Å². The second kappa shape index (κ2) is 6.27. The van der Waals surface area contributed by atoms with E-state index in [1.165, 1.54) is 0 Å². The lowest BCUT2D eigenvalue weighted by Gasteiger charge is -2.18. The summed E-state index contributed by atoms with van der Waals surface area (Å²) >= 11 is 6.16. The summed E-state index contributed by atoms with van der Waals surface area (Å²) in [4.78, 5) is 11.0. The SMILES string of the molecule is CCN(CCOC)Cc1nc(Cl)c2cnn(C)c2n1. The minimum atomic E-state index is 0.455. The molecule has 2 aromatic heterocycles. The highest BCUT2D eigenvalue weighted by Crippen LogP contribution is 2.19. The van der Waals surface area contributed by atoms with Crippen molar-refractivity contribution in [3.05, 3.63) is 17.2 Å². The quantitative estimate of drug-likeness (QED) is 0.752. The second-order valence-electron chi connectivity index (χ2n) is 4.30. The fourth-order valence-corrected chi connectivity index (χ4v) is 2.10. The van der Waals surface area contributed by atoms with Gasteiger partial charge in [0.05, 0.1) is 24.7 Å². The van der Waals surface area contributed by atoms with Gasteiger partial charge in [0.1, 0.15) is 11.0 Å². The lowest BCUT2D eigenvalue weighted by Crippen LogP contribution is -2.27. The number of halogens is 1. The number of aryl methyl sites for hydroxylation is 1. The Balaban J connectivity index is 2.22. The van der Waals surface area contributed by atoms with E-state index in [2.05, 4.69) is 26.9 Å². The van der Waals surface area contributed by atoms with Gasteiger partial charge >= 0.3 is 0 Å². The number of hydrogen-bond acceptors (Lipinski definition) is 5. The lowest BCUT2D eigenvalue weighted by molar-refractivity contribution is 0.146. The largest absolute Gasteiger partial charge is 0.383 e. The maximum absolute atomic E-state index is 6.16. The molecule has 0 atom stereocenters. The minimum Gasteiger partial charge on any atom is -0.383 e. The number of aromatic nitrogens is 4. The molecular weight excluding hydrogens is 266 g/mol. The van der Waals surface area contributed by atoms with Crippen molar-refractivity contribution < 1.29 is 4.74 Å². The maximum atomic E-state index is 6.16. The maximum Gasteiger partial charge on any atom is 0.162 e. The van der Waals surface area contributed by atoms with Crippen LogP contribution in [0.2, 0.25) is 5.15 Å².